The lowest BCUT2D eigenvalue weighted by molar-refractivity contribution is -0.122. The molecule has 0 spiro atoms. The molecular formula is C19H18N2O2. The van der Waals surface area contributed by atoms with Gasteiger partial charge >= 0.3 is 6.03 Å². The van der Waals surface area contributed by atoms with E-state index in [1.807, 2.05) is 61.5 Å². The topological polar surface area (TPSA) is 40.6 Å². The van der Waals surface area contributed by atoms with Crippen LogP contribution in [0.4, 0.5) is 10.5 Å². The van der Waals surface area contributed by atoms with Crippen LogP contribution in [0, 0.1) is 6.92 Å². The first-order valence-corrected chi connectivity index (χ1v) is 7.61. The van der Waals surface area contributed by atoms with E-state index in [1.165, 1.54) is 9.80 Å². The van der Waals surface area contributed by atoms with Gasteiger partial charge in [-0.15, -0.1) is 0 Å². The van der Waals surface area contributed by atoms with Crippen molar-refractivity contribution in [3.63, 3.8) is 0 Å². The minimum Gasteiger partial charge on any atom is -0.267 e. The van der Waals surface area contributed by atoms with Gasteiger partial charge in [-0.2, -0.15) is 0 Å². The summed E-state index contributed by atoms with van der Waals surface area (Å²) in [4.78, 5) is 27.9. The van der Waals surface area contributed by atoms with Crippen molar-refractivity contribution in [3.8, 4) is 0 Å². The van der Waals surface area contributed by atoms with Crippen LogP contribution in [0.2, 0.25) is 0 Å². The maximum Gasteiger partial charge on any atom is 0.336 e. The van der Waals surface area contributed by atoms with E-state index < -0.39 is 0 Å². The molecule has 3 rings (SSSR count). The Morgan fingerprint density at radius 1 is 0.957 bits per heavy atom. The molecule has 116 valence electrons. The molecule has 0 unspecified atom stereocenters. The number of amides is 3. The number of likely N-dealkylation sites (N-methyl/N-ethyl adjacent to an activating group) is 1. The molecule has 23 heavy (non-hydrogen) atoms. The quantitative estimate of drug-likeness (QED) is 0.639. The molecule has 1 aliphatic rings. The molecule has 1 aliphatic heterocycles. The van der Waals surface area contributed by atoms with Gasteiger partial charge in [-0.3, -0.25) is 14.6 Å². The predicted molar refractivity (Wildman–Crippen MR) is 90.9 cm³/mol. The molecule has 0 aliphatic carbocycles. The maximum absolute atomic E-state index is 12.6. The van der Waals surface area contributed by atoms with Crippen LogP contribution in [0.5, 0.6) is 0 Å². The zero-order chi connectivity index (χ0) is 16.4. The van der Waals surface area contributed by atoms with Crippen LogP contribution >= 0.6 is 0 Å². The smallest absolute Gasteiger partial charge is 0.267 e. The van der Waals surface area contributed by atoms with Crippen LogP contribution in [-0.4, -0.2) is 23.4 Å². The Bertz CT molecular complexity index is 764. The van der Waals surface area contributed by atoms with E-state index in [0.717, 1.165) is 11.1 Å². The third kappa shape index (κ3) is 2.75. The summed E-state index contributed by atoms with van der Waals surface area (Å²) in [5.74, 6) is -0.262. The average Bonchev–Trinajstić information content (AvgIpc) is 2.80. The molecule has 0 atom stereocenters. The molecule has 1 heterocycles. The van der Waals surface area contributed by atoms with Gasteiger partial charge in [-0.25, -0.2) is 4.79 Å². The monoisotopic (exact) mass is 306 g/mol. The summed E-state index contributed by atoms with van der Waals surface area (Å²) in [6, 6.07) is 16.8. The lowest BCUT2D eigenvalue weighted by atomic mass is 10.1. The number of carbonyl (C=O) groups excluding carboxylic acids is 2. The highest BCUT2D eigenvalue weighted by atomic mass is 16.2. The third-order valence-corrected chi connectivity index (χ3v) is 3.84. The van der Waals surface area contributed by atoms with Gasteiger partial charge in [-0.05, 0) is 37.6 Å². The second-order valence-corrected chi connectivity index (χ2v) is 5.44. The van der Waals surface area contributed by atoms with Gasteiger partial charge in [0.1, 0.15) is 5.70 Å². The summed E-state index contributed by atoms with van der Waals surface area (Å²) in [6.07, 6.45) is 1.77. The molecule has 0 bridgehead atoms. The summed E-state index contributed by atoms with van der Waals surface area (Å²) in [5, 5.41) is 0. The van der Waals surface area contributed by atoms with E-state index >= 15 is 0 Å². The molecule has 2 aromatic rings. The SMILES string of the molecule is CCN1C(=O)/C(=C\c2ccc(C)cc2)N(c2ccccc2)C1=O. The predicted octanol–water partition coefficient (Wildman–Crippen LogP) is 3.82. The molecule has 0 radical (unpaired) electrons. The van der Waals surface area contributed by atoms with Crippen LogP contribution < -0.4 is 4.90 Å². The molecule has 0 aromatic heterocycles. The summed E-state index contributed by atoms with van der Waals surface area (Å²) in [5.41, 5.74) is 3.12. The number of hydrogen-bond acceptors (Lipinski definition) is 2. The Labute approximate surface area is 135 Å². The van der Waals surface area contributed by atoms with Gasteiger partial charge in [0.2, 0.25) is 0 Å². The lowest BCUT2D eigenvalue weighted by Gasteiger charge is -2.16. The Balaban J connectivity index is 2.08. The summed E-state index contributed by atoms with van der Waals surface area (Å²) >= 11 is 0. The van der Waals surface area contributed by atoms with E-state index in [9.17, 15) is 9.59 Å². The van der Waals surface area contributed by atoms with Gasteiger partial charge in [-0.1, -0.05) is 48.0 Å². The van der Waals surface area contributed by atoms with Crippen molar-refractivity contribution in [2.45, 2.75) is 13.8 Å². The van der Waals surface area contributed by atoms with Crippen molar-refractivity contribution < 1.29 is 9.59 Å². The number of hydrogen-bond donors (Lipinski definition) is 0. The number of carbonyl (C=O) groups is 2. The fourth-order valence-electron chi connectivity index (χ4n) is 2.60. The first kappa shape index (κ1) is 15.0. The fourth-order valence-corrected chi connectivity index (χ4v) is 2.60. The summed E-state index contributed by atoms with van der Waals surface area (Å²) in [6.45, 7) is 4.16. The number of anilines is 1. The standard InChI is InChI=1S/C19H18N2O2/c1-3-20-18(22)17(13-15-11-9-14(2)10-12-15)21(19(20)23)16-7-5-4-6-8-16/h4-13H,3H2,1-2H3/b17-13+. The summed E-state index contributed by atoms with van der Waals surface area (Å²) in [7, 11) is 0. The first-order chi connectivity index (χ1) is 11.1. The van der Waals surface area contributed by atoms with Crippen LogP contribution in [0.25, 0.3) is 6.08 Å². The average molecular weight is 306 g/mol. The van der Waals surface area contributed by atoms with E-state index in [1.54, 1.807) is 13.0 Å². The van der Waals surface area contributed by atoms with Crippen molar-refractivity contribution >= 4 is 23.7 Å². The Morgan fingerprint density at radius 2 is 1.61 bits per heavy atom. The number of nitrogens with zero attached hydrogens (tertiary/aromatic N) is 2. The van der Waals surface area contributed by atoms with E-state index in [4.69, 9.17) is 0 Å². The zero-order valence-corrected chi connectivity index (χ0v) is 13.2. The van der Waals surface area contributed by atoms with Crippen molar-refractivity contribution in [2.75, 3.05) is 11.4 Å². The Kier molecular flexibility index (Phi) is 3.98. The number of rotatable bonds is 3. The second kappa shape index (κ2) is 6.08. The molecular weight excluding hydrogens is 288 g/mol. The van der Waals surface area contributed by atoms with Crippen molar-refractivity contribution in [2.24, 2.45) is 0 Å². The Morgan fingerprint density at radius 3 is 2.22 bits per heavy atom. The molecule has 0 saturated carbocycles. The van der Waals surface area contributed by atoms with Crippen LogP contribution in [0.15, 0.2) is 60.3 Å². The van der Waals surface area contributed by atoms with Gasteiger partial charge in [0.15, 0.2) is 0 Å². The molecule has 4 nitrogen and oxygen atoms in total. The van der Waals surface area contributed by atoms with Crippen molar-refractivity contribution in [3.05, 3.63) is 71.4 Å². The molecule has 2 aromatic carbocycles. The first-order valence-electron chi connectivity index (χ1n) is 7.61. The fraction of sp³-hybridized carbons (Fsp3) is 0.158. The molecule has 1 fully saturated rings. The minimum absolute atomic E-state index is 0.262. The number of benzene rings is 2. The third-order valence-electron chi connectivity index (χ3n) is 3.84. The minimum atomic E-state index is -0.304. The van der Waals surface area contributed by atoms with E-state index in [-0.39, 0.29) is 11.9 Å². The highest BCUT2D eigenvalue weighted by molar-refractivity contribution is 6.23. The van der Waals surface area contributed by atoms with E-state index in [2.05, 4.69) is 0 Å². The van der Waals surface area contributed by atoms with Crippen LogP contribution in [0.3, 0.4) is 0 Å². The van der Waals surface area contributed by atoms with E-state index in [0.29, 0.717) is 17.9 Å². The van der Waals surface area contributed by atoms with Crippen LogP contribution in [-0.2, 0) is 4.79 Å². The van der Waals surface area contributed by atoms with Crippen molar-refractivity contribution in [1.82, 2.24) is 4.90 Å². The largest absolute Gasteiger partial charge is 0.336 e. The number of aryl methyl sites for hydroxylation is 1. The normalized spacial score (nSPS) is 16.5. The highest BCUT2D eigenvalue weighted by Crippen LogP contribution is 2.29. The van der Waals surface area contributed by atoms with Gasteiger partial charge in [0.05, 0.1) is 5.69 Å². The molecule has 3 amide bonds. The zero-order valence-electron chi connectivity index (χ0n) is 13.2. The highest BCUT2D eigenvalue weighted by Gasteiger charge is 2.40. The number of imide groups is 1. The van der Waals surface area contributed by atoms with Crippen molar-refractivity contribution in [1.29, 1.82) is 0 Å². The molecule has 1 saturated heterocycles. The molecule has 4 heteroatoms. The number of para-hydroxylation sites is 1. The van der Waals surface area contributed by atoms with Gasteiger partial charge in [0.25, 0.3) is 5.91 Å². The lowest BCUT2D eigenvalue weighted by Crippen LogP contribution is -2.32. The van der Waals surface area contributed by atoms with Crippen LogP contribution in [0.1, 0.15) is 18.1 Å². The molecule has 0 N–H and O–H groups in total. The summed E-state index contributed by atoms with van der Waals surface area (Å²) < 4.78 is 0. The van der Waals surface area contributed by atoms with Gasteiger partial charge < -0.3 is 0 Å². The maximum atomic E-state index is 12.6. The second-order valence-electron chi connectivity index (χ2n) is 5.44. The number of urea groups is 1. The Hall–Kier alpha value is -2.88. The van der Waals surface area contributed by atoms with Gasteiger partial charge in [0, 0.05) is 6.54 Å².